The largest absolute Gasteiger partial charge is 0.296 e. The molecule has 3 aliphatic heterocycles. The van der Waals surface area contributed by atoms with E-state index in [0.29, 0.717) is 24.8 Å². The van der Waals surface area contributed by atoms with Gasteiger partial charge in [0.05, 0.1) is 5.75 Å². The molecular formula is C19H26Cl2N2O2S. The van der Waals surface area contributed by atoms with E-state index in [1.165, 1.54) is 11.1 Å². The van der Waals surface area contributed by atoms with Crippen molar-refractivity contribution in [2.75, 3.05) is 31.3 Å². The highest BCUT2D eigenvalue weighted by atomic mass is 35.5. The van der Waals surface area contributed by atoms with Gasteiger partial charge in [0.15, 0.2) is 0 Å². The van der Waals surface area contributed by atoms with Gasteiger partial charge in [0.25, 0.3) is 0 Å². The molecule has 2 fully saturated rings. The second-order valence-electron chi connectivity index (χ2n) is 7.74. The lowest BCUT2D eigenvalue weighted by atomic mass is 9.77. The van der Waals surface area contributed by atoms with Crippen molar-refractivity contribution in [2.45, 2.75) is 44.2 Å². The molecule has 144 valence electrons. The molecule has 0 radical (unpaired) electrons. The van der Waals surface area contributed by atoms with Crippen molar-refractivity contribution in [1.82, 2.24) is 9.21 Å². The maximum Gasteiger partial charge on any atom is 0.214 e. The number of fused-ring (bicyclic) bond motifs is 4. The molecule has 0 bridgehead atoms. The van der Waals surface area contributed by atoms with Crippen molar-refractivity contribution in [1.29, 1.82) is 0 Å². The molecule has 0 saturated carbocycles. The Morgan fingerprint density at radius 2 is 2.08 bits per heavy atom. The number of hydrogen-bond donors (Lipinski definition) is 0. The molecule has 0 amide bonds. The molecule has 3 atom stereocenters. The zero-order chi connectivity index (χ0) is 18.3. The number of sulfonamides is 1. The third-order valence-corrected chi connectivity index (χ3v) is 8.89. The molecule has 0 spiro atoms. The van der Waals surface area contributed by atoms with Gasteiger partial charge in [0, 0.05) is 42.6 Å². The van der Waals surface area contributed by atoms with Crippen molar-refractivity contribution >= 4 is 33.2 Å². The zero-order valence-electron chi connectivity index (χ0n) is 14.9. The number of nitrogens with zero attached hydrogens (tertiary/aromatic N) is 2. The Kier molecular flexibility index (Phi) is 5.55. The first-order valence-corrected chi connectivity index (χ1v) is 12.1. The number of rotatable bonds is 4. The van der Waals surface area contributed by atoms with Crippen LogP contribution in [0.5, 0.6) is 0 Å². The normalized spacial score (nSPS) is 29.7. The van der Waals surface area contributed by atoms with E-state index in [2.05, 4.69) is 11.0 Å². The third kappa shape index (κ3) is 3.42. The summed E-state index contributed by atoms with van der Waals surface area (Å²) in [4.78, 5) is 2.55. The van der Waals surface area contributed by atoms with Gasteiger partial charge >= 0.3 is 0 Å². The number of hydrogen-bond acceptors (Lipinski definition) is 3. The summed E-state index contributed by atoms with van der Waals surface area (Å²) < 4.78 is 27.6. The van der Waals surface area contributed by atoms with Crippen LogP contribution in [-0.2, 0) is 16.4 Å². The Balaban J connectivity index is 1.62. The molecular weight excluding hydrogens is 391 g/mol. The highest BCUT2D eigenvalue weighted by Gasteiger charge is 2.45. The number of benzene rings is 1. The van der Waals surface area contributed by atoms with Crippen LogP contribution in [0.25, 0.3) is 0 Å². The Labute approximate surface area is 166 Å². The van der Waals surface area contributed by atoms with E-state index in [9.17, 15) is 8.42 Å². The van der Waals surface area contributed by atoms with Gasteiger partial charge in [-0.15, -0.1) is 11.6 Å². The molecule has 7 heteroatoms. The Bertz CT molecular complexity index is 771. The lowest BCUT2D eigenvalue weighted by molar-refractivity contribution is 0.0220. The van der Waals surface area contributed by atoms with Gasteiger partial charge in [-0.25, -0.2) is 8.42 Å². The van der Waals surface area contributed by atoms with Crippen LogP contribution in [0.1, 0.15) is 42.9 Å². The second kappa shape index (κ2) is 7.59. The van der Waals surface area contributed by atoms with E-state index < -0.39 is 10.0 Å². The highest BCUT2D eigenvalue weighted by molar-refractivity contribution is 7.89. The minimum absolute atomic E-state index is 0.107. The smallest absolute Gasteiger partial charge is 0.214 e. The van der Waals surface area contributed by atoms with Gasteiger partial charge in [0.2, 0.25) is 10.0 Å². The van der Waals surface area contributed by atoms with Gasteiger partial charge < -0.3 is 0 Å². The van der Waals surface area contributed by atoms with E-state index in [1.807, 2.05) is 16.4 Å². The van der Waals surface area contributed by atoms with E-state index in [1.54, 1.807) is 0 Å². The fraction of sp³-hybridized carbons (Fsp3) is 0.684. The van der Waals surface area contributed by atoms with Crippen LogP contribution in [0.4, 0.5) is 0 Å². The molecule has 4 nitrogen and oxygen atoms in total. The van der Waals surface area contributed by atoms with Crippen molar-refractivity contribution in [2.24, 2.45) is 5.92 Å². The molecule has 1 aromatic rings. The summed E-state index contributed by atoms with van der Waals surface area (Å²) in [6.45, 7) is 2.66. The van der Waals surface area contributed by atoms with E-state index in [-0.39, 0.29) is 17.8 Å². The Morgan fingerprint density at radius 1 is 1.23 bits per heavy atom. The molecule has 0 N–H and O–H groups in total. The average Bonchev–Trinajstić information content (AvgIpc) is 2.64. The van der Waals surface area contributed by atoms with E-state index in [4.69, 9.17) is 23.2 Å². The first-order chi connectivity index (χ1) is 12.5. The SMILES string of the molecule is O=S(=O)(CCCCl)N1CCC[C@@H]2CN3CCc4c(Cl)cccc4[C@@H]3C[C@@H]21. The standard InChI is InChI=1S/C19H26Cl2N2O2S/c20-8-3-11-26(24,25)23-9-2-4-14-13-22-10-7-15-16(5-1-6-17(15)21)19(22)12-18(14)23/h1,5-6,14,18-19H,2-4,7-13H2/t14-,18+,19+/m1/s1. The molecule has 4 rings (SSSR count). The molecule has 26 heavy (non-hydrogen) atoms. The van der Waals surface area contributed by atoms with Crippen molar-refractivity contribution in [3.63, 3.8) is 0 Å². The topological polar surface area (TPSA) is 40.6 Å². The van der Waals surface area contributed by atoms with Gasteiger partial charge in [-0.3, -0.25) is 4.90 Å². The summed E-state index contributed by atoms with van der Waals surface area (Å²) >= 11 is 12.2. The van der Waals surface area contributed by atoms with Crippen LogP contribution in [0.15, 0.2) is 18.2 Å². The Morgan fingerprint density at radius 3 is 2.88 bits per heavy atom. The first-order valence-electron chi connectivity index (χ1n) is 9.58. The number of alkyl halides is 1. The molecule has 2 saturated heterocycles. The van der Waals surface area contributed by atoms with Crippen LogP contribution in [0, 0.1) is 5.92 Å². The quantitative estimate of drug-likeness (QED) is 0.702. The van der Waals surface area contributed by atoms with Crippen LogP contribution < -0.4 is 0 Å². The van der Waals surface area contributed by atoms with Gasteiger partial charge in [-0.2, -0.15) is 4.31 Å². The zero-order valence-corrected chi connectivity index (χ0v) is 17.2. The summed E-state index contributed by atoms with van der Waals surface area (Å²) in [7, 11) is -3.23. The summed E-state index contributed by atoms with van der Waals surface area (Å²) in [5, 5.41) is 0.847. The van der Waals surface area contributed by atoms with E-state index in [0.717, 1.165) is 43.8 Å². The van der Waals surface area contributed by atoms with Crippen molar-refractivity contribution in [3.8, 4) is 0 Å². The number of halogens is 2. The molecule has 3 heterocycles. The fourth-order valence-electron chi connectivity index (χ4n) is 5.11. The lowest BCUT2D eigenvalue weighted by Gasteiger charge is -2.51. The monoisotopic (exact) mass is 416 g/mol. The van der Waals surface area contributed by atoms with Crippen LogP contribution in [-0.4, -0.2) is 54.9 Å². The van der Waals surface area contributed by atoms with Gasteiger partial charge in [-0.05, 0) is 55.2 Å². The molecule has 0 unspecified atom stereocenters. The summed E-state index contributed by atoms with van der Waals surface area (Å²) in [5.41, 5.74) is 2.55. The molecule has 0 aliphatic carbocycles. The molecule has 1 aromatic carbocycles. The average molecular weight is 417 g/mol. The first kappa shape index (κ1) is 19.0. The molecule has 3 aliphatic rings. The third-order valence-electron chi connectivity index (χ3n) is 6.30. The van der Waals surface area contributed by atoms with E-state index >= 15 is 0 Å². The van der Waals surface area contributed by atoms with Crippen LogP contribution in [0.2, 0.25) is 5.02 Å². The number of piperidine rings is 2. The fourth-order valence-corrected chi connectivity index (χ4v) is 7.50. The minimum Gasteiger partial charge on any atom is -0.296 e. The summed E-state index contributed by atoms with van der Waals surface area (Å²) in [6, 6.07) is 6.54. The summed E-state index contributed by atoms with van der Waals surface area (Å²) in [5.74, 6) is 0.992. The highest BCUT2D eigenvalue weighted by Crippen LogP contribution is 2.44. The van der Waals surface area contributed by atoms with Crippen molar-refractivity contribution in [3.05, 3.63) is 34.3 Å². The second-order valence-corrected chi connectivity index (χ2v) is 10.6. The maximum absolute atomic E-state index is 12.9. The van der Waals surface area contributed by atoms with Gasteiger partial charge in [0.1, 0.15) is 0 Å². The predicted molar refractivity (Wildman–Crippen MR) is 106 cm³/mol. The summed E-state index contributed by atoms with van der Waals surface area (Å²) in [6.07, 6.45) is 4.46. The minimum atomic E-state index is -3.23. The van der Waals surface area contributed by atoms with Crippen molar-refractivity contribution < 1.29 is 8.42 Å². The van der Waals surface area contributed by atoms with Crippen LogP contribution in [0.3, 0.4) is 0 Å². The molecule has 0 aromatic heterocycles. The Hall–Kier alpha value is -0.330. The van der Waals surface area contributed by atoms with Gasteiger partial charge in [-0.1, -0.05) is 23.7 Å². The predicted octanol–water partition coefficient (Wildman–Crippen LogP) is 3.68. The lowest BCUT2D eigenvalue weighted by Crippen LogP contribution is -2.57. The van der Waals surface area contributed by atoms with Crippen LogP contribution >= 0.6 is 23.2 Å². The maximum atomic E-state index is 12.9.